The predicted octanol–water partition coefficient (Wildman–Crippen LogP) is 1.83. The number of alkyl halides is 1. The molecule has 108 valence electrons. The van der Waals surface area contributed by atoms with Crippen LogP contribution in [0, 0.1) is 0 Å². The van der Waals surface area contributed by atoms with Gasteiger partial charge in [0.25, 0.3) is 0 Å². The molecule has 1 aliphatic rings. The van der Waals surface area contributed by atoms with Crippen LogP contribution in [-0.2, 0) is 20.6 Å². The van der Waals surface area contributed by atoms with Crippen LogP contribution in [0.4, 0.5) is 0 Å². The van der Waals surface area contributed by atoms with Gasteiger partial charge in [-0.15, -0.1) is 11.6 Å². The molecule has 5 nitrogen and oxygen atoms in total. The fraction of sp³-hybridized carbons (Fsp3) is 0.667. The molecule has 0 N–H and O–H groups in total. The zero-order chi connectivity index (χ0) is 14.0. The largest absolute Gasteiger partial charge is 0.379 e. The van der Waals surface area contributed by atoms with Crippen LogP contribution in [0.3, 0.4) is 0 Å². The normalized spacial score (nSPS) is 18.1. The second kappa shape index (κ2) is 5.83. The van der Waals surface area contributed by atoms with Crippen molar-refractivity contribution in [1.82, 2.24) is 8.87 Å². The van der Waals surface area contributed by atoms with E-state index in [2.05, 4.69) is 0 Å². The molecule has 0 aliphatic carbocycles. The van der Waals surface area contributed by atoms with Crippen LogP contribution < -0.4 is 0 Å². The number of ether oxygens (including phenoxy) is 1. The molecule has 7 heteroatoms. The zero-order valence-electron chi connectivity index (χ0n) is 11.2. The van der Waals surface area contributed by atoms with Crippen molar-refractivity contribution in [1.29, 1.82) is 0 Å². The molecule has 1 aromatic rings. The van der Waals surface area contributed by atoms with Gasteiger partial charge in [0.1, 0.15) is 4.90 Å². The van der Waals surface area contributed by atoms with E-state index in [0.29, 0.717) is 37.1 Å². The molecule has 1 fully saturated rings. The van der Waals surface area contributed by atoms with E-state index in [4.69, 9.17) is 16.3 Å². The van der Waals surface area contributed by atoms with Crippen LogP contribution in [-0.4, -0.2) is 43.6 Å². The minimum Gasteiger partial charge on any atom is -0.379 e. The van der Waals surface area contributed by atoms with Crippen molar-refractivity contribution in [3.63, 3.8) is 0 Å². The smallest absolute Gasteiger partial charge is 0.244 e. The SMILES string of the molecule is CC(C)n1cc(S(=O)(=O)N2CCOCC2)cc1CCl. The number of sulfonamides is 1. The topological polar surface area (TPSA) is 51.5 Å². The molecule has 1 saturated heterocycles. The molecule has 0 spiro atoms. The van der Waals surface area contributed by atoms with Crippen LogP contribution in [0.15, 0.2) is 17.2 Å². The monoisotopic (exact) mass is 306 g/mol. The van der Waals surface area contributed by atoms with Gasteiger partial charge >= 0.3 is 0 Å². The average Bonchev–Trinajstić information content (AvgIpc) is 2.84. The van der Waals surface area contributed by atoms with Crippen LogP contribution in [0.25, 0.3) is 0 Å². The molecule has 0 radical (unpaired) electrons. The third-order valence-corrected chi connectivity index (χ3v) is 5.35. The van der Waals surface area contributed by atoms with Gasteiger partial charge in [-0.2, -0.15) is 4.31 Å². The van der Waals surface area contributed by atoms with Crippen LogP contribution in [0.5, 0.6) is 0 Å². The highest BCUT2D eigenvalue weighted by Crippen LogP contribution is 2.23. The lowest BCUT2D eigenvalue weighted by Gasteiger charge is -2.25. The van der Waals surface area contributed by atoms with Crippen LogP contribution in [0.2, 0.25) is 0 Å². The van der Waals surface area contributed by atoms with Crippen molar-refractivity contribution in [3.05, 3.63) is 18.0 Å². The van der Waals surface area contributed by atoms with Gasteiger partial charge in [-0.05, 0) is 19.9 Å². The molecule has 0 unspecified atom stereocenters. The molecule has 0 amide bonds. The fourth-order valence-corrected chi connectivity index (χ4v) is 3.84. The molecule has 2 rings (SSSR count). The maximum atomic E-state index is 12.5. The van der Waals surface area contributed by atoms with Crippen LogP contribution >= 0.6 is 11.6 Å². The quantitative estimate of drug-likeness (QED) is 0.798. The molecular formula is C12H19ClN2O3S. The molecule has 2 heterocycles. The first kappa shape index (κ1) is 14.8. The Balaban J connectivity index is 2.34. The Labute approximate surface area is 119 Å². The number of rotatable bonds is 4. The summed E-state index contributed by atoms with van der Waals surface area (Å²) < 4.78 is 33.6. The Bertz CT molecular complexity index is 533. The van der Waals surface area contributed by atoms with E-state index in [1.54, 1.807) is 12.3 Å². The zero-order valence-corrected chi connectivity index (χ0v) is 12.7. The summed E-state index contributed by atoms with van der Waals surface area (Å²) in [5, 5.41) is 0. The summed E-state index contributed by atoms with van der Waals surface area (Å²) >= 11 is 5.88. The fourth-order valence-electron chi connectivity index (χ4n) is 2.16. The second-order valence-corrected chi connectivity index (χ2v) is 7.02. The summed E-state index contributed by atoms with van der Waals surface area (Å²) in [5.74, 6) is 0.302. The van der Waals surface area contributed by atoms with Crippen molar-refractivity contribution < 1.29 is 13.2 Å². The summed E-state index contributed by atoms with van der Waals surface area (Å²) in [7, 11) is -3.43. The standard InChI is InChI=1S/C12H19ClN2O3S/c1-10(2)15-9-12(7-11(15)8-13)19(16,17)14-3-5-18-6-4-14/h7,9-10H,3-6,8H2,1-2H3. The number of nitrogens with zero attached hydrogens (tertiary/aromatic N) is 2. The lowest BCUT2D eigenvalue weighted by Crippen LogP contribution is -2.40. The van der Waals surface area contributed by atoms with E-state index >= 15 is 0 Å². The minimum absolute atomic E-state index is 0.183. The lowest BCUT2D eigenvalue weighted by atomic mass is 10.4. The molecule has 0 aromatic carbocycles. The van der Waals surface area contributed by atoms with Crippen molar-refractivity contribution in [3.8, 4) is 0 Å². The van der Waals surface area contributed by atoms with Crippen molar-refractivity contribution in [2.24, 2.45) is 0 Å². The van der Waals surface area contributed by atoms with E-state index < -0.39 is 10.0 Å². The average molecular weight is 307 g/mol. The molecule has 1 aromatic heterocycles. The summed E-state index contributed by atoms with van der Waals surface area (Å²) in [6.45, 7) is 5.72. The van der Waals surface area contributed by atoms with Gasteiger partial charge < -0.3 is 9.30 Å². The van der Waals surface area contributed by atoms with E-state index in [-0.39, 0.29) is 6.04 Å². The highest BCUT2D eigenvalue weighted by atomic mass is 35.5. The summed E-state index contributed by atoms with van der Waals surface area (Å²) in [5.41, 5.74) is 0.823. The third kappa shape index (κ3) is 2.97. The Hall–Kier alpha value is -0.560. The Morgan fingerprint density at radius 1 is 1.37 bits per heavy atom. The number of aromatic nitrogens is 1. The van der Waals surface area contributed by atoms with Gasteiger partial charge in [-0.3, -0.25) is 0 Å². The van der Waals surface area contributed by atoms with Gasteiger partial charge in [0.05, 0.1) is 19.1 Å². The minimum atomic E-state index is -3.43. The maximum absolute atomic E-state index is 12.5. The van der Waals surface area contributed by atoms with Gasteiger partial charge in [0.15, 0.2) is 0 Å². The maximum Gasteiger partial charge on any atom is 0.244 e. The van der Waals surface area contributed by atoms with Crippen molar-refractivity contribution in [2.75, 3.05) is 26.3 Å². The molecule has 0 saturated carbocycles. The van der Waals surface area contributed by atoms with Gasteiger partial charge in [-0.1, -0.05) is 0 Å². The van der Waals surface area contributed by atoms with Gasteiger partial charge in [-0.25, -0.2) is 8.42 Å². The molecular weight excluding hydrogens is 288 g/mol. The first-order valence-corrected chi connectivity index (χ1v) is 8.29. The number of halogens is 1. The third-order valence-electron chi connectivity index (χ3n) is 3.21. The van der Waals surface area contributed by atoms with E-state index in [9.17, 15) is 8.42 Å². The Morgan fingerprint density at radius 2 is 2.00 bits per heavy atom. The number of morpholine rings is 1. The van der Waals surface area contributed by atoms with E-state index in [1.807, 2.05) is 18.4 Å². The van der Waals surface area contributed by atoms with Crippen LogP contribution in [0.1, 0.15) is 25.6 Å². The summed E-state index contributed by atoms with van der Waals surface area (Å²) in [4.78, 5) is 0.318. The Kier molecular flexibility index (Phi) is 4.55. The highest BCUT2D eigenvalue weighted by molar-refractivity contribution is 7.89. The highest BCUT2D eigenvalue weighted by Gasteiger charge is 2.28. The second-order valence-electron chi connectivity index (χ2n) is 4.82. The summed E-state index contributed by atoms with van der Waals surface area (Å²) in [6, 6.07) is 1.85. The first-order chi connectivity index (χ1) is 8.96. The van der Waals surface area contributed by atoms with E-state index in [0.717, 1.165) is 5.69 Å². The number of hydrogen-bond acceptors (Lipinski definition) is 3. The van der Waals surface area contributed by atoms with E-state index in [1.165, 1.54) is 4.31 Å². The van der Waals surface area contributed by atoms with Crippen molar-refractivity contribution in [2.45, 2.75) is 30.7 Å². The summed E-state index contributed by atoms with van der Waals surface area (Å²) in [6.07, 6.45) is 1.67. The number of hydrogen-bond donors (Lipinski definition) is 0. The van der Waals surface area contributed by atoms with Crippen molar-refractivity contribution >= 4 is 21.6 Å². The lowest BCUT2D eigenvalue weighted by molar-refractivity contribution is 0.0730. The van der Waals surface area contributed by atoms with Gasteiger partial charge in [0, 0.05) is 31.0 Å². The Morgan fingerprint density at radius 3 is 2.47 bits per heavy atom. The molecule has 1 aliphatic heterocycles. The molecule has 0 bridgehead atoms. The molecule has 19 heavy (non-hydrogen) atoms. The first-order valence-electron chi connectivity index (χ1n) is 6.31. The molecule has 0 atom stereocenters. The van der Waals surface area contributed by atoms with Gasteiger partial charge in [0.2, 0.25) is 10.0 Å². The predicted molar refractivity (Wildman–Crippen MR) is 74.0 cm³/mol.